The number of guanidine groups is 1. The number of benzene rings is 1. The zero-order valence-corrected chi connectivity index (χ0v) is 19.8. The van der Waals surface area contributed by atoms with Crippen LogP contribution in [0.3, 0.4) is 0 Å². The SMILES string of the molecule is CCC(CNC(=NC)N1CCC(OCCCOC)CC1)Oc1ccccc1.I. The van der Waals surface area contributed by atoms with Crippen LogP contribution in [0.5, 0.6) is 5.75 Å². The number of rotatable bonds is 10. The summed E-state index contributed by atoms with van der Waals surface area (Å²) in [6, 6.07) is 9.98. The zero-order valence-electron chi connectivity index (χ0n) is 17.4. The van der Waals surface area contributed by atoms with Crippen LogP contribution in [-0.4, -0.2) is 70.1 Å². The molecule has 0 amide bonds. The van der Waals surface area contributed by atoms with Crippen molar-refractivity contribution in [3.63, 3.8) is 0 Å². The zero-order chi connectivity index (χ0) is 19.3. The molecule has 2 rings (SSSR count). The minimum atomic E-state index is 0. The van der Waals surface area contributed by atoms with Crippen LogP contribution in [0.15, 0.2) is 35.3 Å². The first-order chi connectivity index (χ1) is 13.3. The van der Waals surface area contributed by atoms with E-state index in [1.54, 1.807) is 7.11 Å². The molecule has 1 aromatic carbocycles. The first-order valence-electron chi connectivity index (χ1n) is 10.0. The number of piperidine rings is 1. The first kappa shape index (κ1) is 25.0. The van der Waals surface area contributed by atoms with Crippen molar-refractivity contribution in [1.82, 2.24) is 10.2 Å². The number of para-hydroxylation sites is 1. The standard InChI is InChI=1S/C21H35N3O3.HI/c1-4-18(27-20-9-6-5-7-10-20)17-23-21(22-2)24-13-11-19(12-14-24)26-16-8-15-25-3;/h5-7,9-10,18-19H,4,8,11-17H2,1-3H3,(H,22,23);1H. The smallest absolute Gasteiger partial charge is 0.193 e. The molecule has 6 nitrogen and oxygen atoms in total. The van der Waals surface area contributed by atoms with E-state index in [4.69, 9.17) is 14.2 Å². The van der Waals surface area contributed by atoms with Gasteiger partial charge >= 0.3 is 0 Å². The van der Waals surface area contributed by atoms with Crippen molar-refractivity contribution in [2.75, 3.05) is 47.0 Å². The van der Waals surface area contributed by atoms with Crippen molar-refractivity contribution in [2.24, 2.45) is 4.99 Å². The molecule has 0 aromatic heterocycles. The van der Waals surface area contributed by atoms with Gasteiger partial charge in [-0.3, -0.25) is 4.99 Å². The largest absolute Gasteiger partial charge is 0.489 e. The summed E-state index contributed by atoms with van der Waals surface area (Å²) in [5.41, 5.74) is 0. The number of hydrogen-bond acceptors (Lipinski definition) is 4. The highest BCUT2D eigenvalue weighted by atomic mass is 127. The lowest BCUT2D eigenvalue weighted by atomic mass is 10.1. The van der Waals surface area contributed by atoms with Gasteiger partial charge in [-0.2, -0.15) is 0 Å². The van der Waals surface area contributed by atoms with Gasteiger partial charge in [-0.25, -0.2) is 0 Å². The summed E-state index contributed by atoms with van der Waals surface area (Å²) in [6.07, 6.45) is 4.43. The van der Waals surface area contributed by atoms with Crippen LogP contribution in [0, 0.1) is 0 Å². The van der Waals surface area contributed by atoms with Crippen molar-refractivity contribution in [3.8, 4) is 5.75 Å². The molecule has 1 unspecified atom stereocenters. The highest BCUT2D eigenvalue weighted by Gasteiger charge is 2.22. The van der Waals surface area contributed by atoms with Crippen LogP contribution in [0.2, 0.25) is 0 Å². The van der Waals surface area contributed by atoms with E-state index in [-0.39, 0.29) is 30.1 Å². The number of likely N-dealkylation sites (tertiary alicyclic amines) is 1. The van der Waals surface area contributed by atoms with E-state index in [9.17, 15) is 0 Å². The maximum absolute atomic E-state index is 6.06. The number of nitrogens with one attached hydrogen (secondary N) is 1. The van der Waals surface area contributed by atoms with E-state index < -0.39 is 0 Å². The van der Waals surface area contributed by atoms with Crippen LogP contribution in [0.25, 0.3) is 0 Å². The maximum Gasteiger partial charge on any atom is 0.193 e. The van der Waals surface area contributed by atoms with E-state index in [0.717, 1.165) is 70.2 Å². The molecule has 1 aliphatic rings. The number of halogens is 1. The molecule has 1 fully saturated rings. The van der Waals surface area contributed by atoms with Crippen molar-refractivity contribution in [2.45, 2.75) is 44.8 Å². The van der Waals surface area contributed by atoms with Crippen LogP contribution < -0.4 is 10.1 Å². The van der Waals surface area contributed by atoms with Crippen molar-refractivity contribution >= 4 is 29.9 Å². The van der Waals surface area contributed by atoms with Crippen LogP contribution in [0.4, 0.5) is 0 Å². The quantitative estimate of drug-likeness (QED) is 0.228. The van der Waals surface area contributed by atoms with Gasteiger partial charge in [-0.15, -0.1) is 24.0 Å². The average molecular weight is 505 g/mol. The van der Waals surface area contributed by atoms with E-state index in [1.807, 2.05) is 37.4 Å². The monoisotopic (exact) mass is 505 g/mol. The number of hydrogen-bond donors (Lipinski definition) is 1. The van der Waals surface area contributed by atoms with Gasteiger partial charge < -0.3 is 24.4 Å². The predicted octanol–water partition coefficient (Wildman–Crippen LogP) is 3.55. The van der Waals surface area contributed by atoms with Crippen LogP contribution in [-0.2, 0) is 9.47 Å². The molecular formula is C21H36IN3O3. The molecule has 1 N–H and O–H groups in total. The Morgan fingerprint density at radius 2 is 1.93 bits per heavy atom. The van der Waals surface area contributed by atoms with Crippen LogP contribution >= 0.6 is 24.0 Å². The van der Waals surface area contributed by atoms with Gasteiger partial charge in [0.05, 0.1) is 12.6 Å². The highest BCUT2D eigenvalue weighted by Crippen LogP contribution is 2.15. The van der Waals surface area contributed by atoms with E-state index >= 15 is 0 Å². The topological polar surface area (TPSA) is 55.3 Å². The third kappa shape index (κ3) is 8.96. The second kappa shape index (κ2) is 14.9. The lowest BCUT2D eigenvalue weighted by molar-refractivity contribution is 0.00983. The molecule has 0 bridgehead atoms. The summed E-state index contributed by atoms with van der Waals surface area (Å²) < 4.78 is 17.1. The summed E-state index contributed by atoms with van der Waals surface area (Å²) in [4.78, 5) is 6.76. The molecule has 1 saturated heterocycles. The minimum absolute atomic E-state index is 0. The Morgan fingerprint density at radius 1 is 1.21 bits per heavy atom. The Bertz CT molecular complexity index is 537. The summed E-state index contributed by atoms with van der Waals surface area (Å²) in [5, 5.41) is 3.48. The molecule has 1 atom stereocenters. The average Bonchev–Trinajstić information content (AvgIpc) is 2.72. The highest BCUT2D eigenvalue weighted by molar-refractivity contribution is 14.0. The van der Waals surface area contributed by atoms with Crippen LogP contribution in [0.1, 0.15) is 32.6 Å². The van der Waals surface area contributed by atoms with Crippen molar-refractivity contribution in [3.05, 3.63) is 30.3 Å². The first-order valence-corrected chi connectivity index (χ1v) is 10.0. The van der Waals surface area contributed by atoms with Gasteiger partial charge in [0.25, 0.3) is 0 Å². The van der Waals surface area contributed by atoms with E-state index in [1.165, 1.54) is 0 Å². The molecule has 1 aliphatic heterocycles. The van der Waals surface area contributed by atoms with Crippen molar-refractivity contribution in [1.29, 1.82) is 0 Å². The second-order valence-electron chi connectivity index (χ2n) is 6.79. The summed E-state index contributed by atoms with van der Waals surface area (Å²) in [7, 11) is 3.57. The number of nitrogens with zero attached hydrogens (tertiary/aromatic N) is 2. The Kier molecular flexibility index (Phi) is 13.3. The number of methoxy groups -OCH3 is 1. The van der Waals surface area contributed by atoms with Gasteiger partial charge in [-0.1, -0.05) is 25.1 Å². The van der Waals surface area contributed by atoms with Gasteiger partial charge in [0.15, 0.2) is 5.96 Å². The molecule has 0 saturated carbocycles. The molecule has 1 heterocycles. The molecule has 28 heavy (non-hydrogen) atoms. The predicted molar refractivity (Wildman–Crippen MR) is 125 cm³/mol. The Balaban J connectivity index is 0.00000392. The summed E-state index contributed by atoms with van der Waals surface area (Å²) in [5.74, 6) is 1.86. The second-order valence-corrected chi connectivity index (χ2v) is 6.79. The van der Waals surface area contributed by atoms with Gasteiger partial charge in [0.2, 0.25) is 0 Å². The van der Waals surface area contributed by atoms with Crippen molar-refractivity contribution < 1.29 is 14.2 Å². The fourth-order valence-electron chi connectivity index (χ4n) is 3.19. The number of ether oxygens (including phenoxy) is 3. The third-order valence-corrected chi connectivity index (χ3v) is 4.79. The molecule has 0 spiro atoms. The summed E-state index contributed by atoms with van der Waals surface area (Å²) >= 11 is 0. The lowest BCUT2D eigenvalue weighted by Crippen LogP contribution is -2.49. The van der Waals surface area contributed by atoms with E-state index in [2.05, 4.69) is 22.1 Å². The molecule has 1 aromatic rings. The Morgan fingerprint density at radius 3 is 2.54 bits per heavy atom. The molecule has 7 heteroatoms. The normalized spacial score (nSPS) is 16.4. The fraction of sp³-hybridized carbons (Fsp3) is 0.667. The van der Waals surface area contributed by atoms with Gasteiger partial charge in [-0.05, 0) is 37.8 Å². The lowest BCUT2D eigenvalue weighted by Gasteiger charge is -2.34. The molecule has 160 valence electrons. The Hall–Kier alpha value is -1.06. The molecular weight excluding hydrogens is 469 g/mol. The number of aliphatic imine (C=N–C) groups is 1. The third-order valence-electron chi connectivity index (χ3n) is 4.79. The van der Waals surface area contributed by atoms with Gasteiger partial charge in [0.1, 0.15) is 11.9 Å². The van der Waals surface area contributed by atoms with Gasteiger partial charge in [0, 0.05) is 40.5 Å². The fourth-order valence-corrected chi connectivity index (χ4v) is 3.19. The molecule has 0 radical (unpaired) electrons. The van der Waals surface area contributed by atoms with E-state index in [0.29, 0.717) is 6.10 Å². The maximum atomic E-state index is 6.06. The molecule has 0 aliphatic carbocycles. The minimum Gasteiger partial charge on any atom is -0.489 e. The Labute approximate surface area is 187 Å². The summed E-state index contributed by atoms with van der Waals surface area (Å²) in [6.45, 7) is 6.35.